The first-order valence-electron chi connectivity index (χ1n) is 6.52. The second-order valence-corrected chi connectivity index (χ2v) is 5.68. The van der Waals surface area contributed by atoms with Gasteiger partial charge in [-0.2, -0.15) is 0 Å². The van der Waals surface area contributed by atoms with E-state index in [0.29, 0.717) is 10.8 Å². The number of nitrogens with one attached hydrogen (secondary N) is 1. The third-order valence-corrected chi connectivity index (χ3v) is 4.09. The van der Waals surface area contributed by atoms with E-state index in [1.165, 1.54) is 23.5 Å². The summed E-state index contributed by atoms with van der Waals surface area (Å²) in [5, 5.41) is 14.7. The van der Waals surface area contributed by atoms with Crippen molar-refractivity contribution < 1.29 is 4.92 Å². The van der Waals surface area contributed by atoms with E-state index < -0.39 is 4.92 Å². The van der Waals surface area contributed by atoms with E-state index in [2.05, 4.69) is 15.3 Å². The Balaban J connectivity index is 1.87. The lowest BCUT2D eigenvalue weighted by molar-refractivity contribution is -0.384. The molecule has 0 aliphatic heterocycles. The Hall–Kier alpha value is -2.80. The molecule has 110 valence electrons. The molecule has 0 saturated carbocycles. The van der Waals surface area contributed by atoms with Gasteiger partial charge in [-0.15, -0.1) is 0 Å². The number of benzene rings is 1. The van der Waals surface area contributed by atoms with Crippen LogP contribution in [0.25, 0.3) is 10.4 Å². The Labute approximate surface area is 130 Å². The largest absolute Gasteiger partial charge is 0.331 e. The molecule has 2 aromatic heterocycles. The van der Waals surface area contributed by atoms with Crippen molar-refractivity contribution in [2.45, 2.75) is 6.92 Å². The van der Waals surface area contributed by atoms with Gasteiger partial charge in [0, 0.05) is 36.3 Å². The predicted molar refractivity (Wildman–Crippen MR) is 86.5 cm³/mol. The zero-order valence-electron chi connectivity index (χ0n) is 11.7. The molecular formula is C15H12N4O2S. The zero-order chi connectivity index (χ0) is 15.5. The number of non-ortho nitro benzene ring substituents is 1. The fourth-order valence-electron chi connectivity index (χ4n) is 1.95. The summed E-state index contributed by atoms with van der Waals surface area (Å²) >= 11 is 1.47. The zero-order valence-corrected chi connectivity index (χ0v) is 12.5. The molecule has 6 nitrogen and oxygen atoms in total. The van der Waals surface area contributed by atoms with Crippen LogP contribution in [0, 0.1) is 17.0 Å². The van der Waals surface area contributed by atoms with Crippen molar-refractivity contribution >= 4 is 27.8 Å². The van der Waals surface area contributed by atoms with Crippen LogP contribution in [0.4, 0.5) is 16.5 Å². The van der Waals surface area contributed by atoms with Gasteiger partial charge in [0.25, 0.3) is 5.69 Å². The lowest BCUT2D eigenvalue weighted by Crippen LogP contribution is -1.95. The predicted octanol–water partition coefficient (Wildman–Crippen LogP) is 4.17. The van der Waals surface area contributed by atoms with Crippen molar-refractivity contribution in [3.8, 4) is 10.4 Å². The van der Waals surface area contributed by atoms with Crippen LogP contribution in [-0.4, -0.2) is 14.9 Å². The summed E-state index contributed by atoms with van der Waals surface area (Å²) in [6.07, 6.45) is 5.25. The van der Waals surface area contributed by atoms with Gasteiger partial charge in [-0.05, 0) is 18.6 Å². The Morgan fingerprint density at radius 1 is 1.27 bits per heavy atom. The summed E-state index contributed by atoms with van der Waals surface area (Å²) < 4.78 is 0. The highest BCUT2D eigenvalue weighted by Gasteiger charge is 2.11. The maximum Gasteiger partial charge on any atom is 0.271 e. The first-order valence-corrected chi connectivity index (χ1v) is 7.33. The molecule has 3 aromatic rings. The Bertz CT molecular complexity index is 817. The van der Waals surface area contributed by atoms with Gasteiger partial charge in [0.1, 0.15) is 0 Å². The van der Waals surface area contributed by atoms with Crippen molar-refractivity contribution in [1.82, 2.24) is 9.97 Å². The number of hydrogen-bond donors (Lipinski definition) is 1. The molecule has 0 bridgehead atoms. The van der Waals surface area contributed by atoms with E-state index in [4.69, 9.17) is 0 Å². The van der Waals surface area contributed by atoms with E-state index in [9.17, 15) is 10.1 Å². The number of pyridine rings is 1. The molecule has 0 saturated heterocycles. The molecule has 7 heteroatoms. The SMILES string of the molecule is Cc1ccc([N+](=O)[O-])cc1Nc1ncc(-c2cccnc2)s1. The van der Waals surface area contributed by atoms with Crippen LogP contribution in [0.1, 0.15) is 5.56 Å². The number of rotatable bonds is 4. The molecule has 22 heavy (non-hydrogen) atoms. The first kappa shape index (κ1) is 14.2. The smallest absolute Gasteiger partial charge is 0.271 e. The number of nitrogens with zero attached hydrogens (tertiary/aromatic N) is 3. The monoisotopic (exact) mass is 312 g/mol. The van der Waals surface area contributed by atoms with Crippen LogP contribution in [0.2, 0.25) is 0 Å². The van der Waals surface area contributed by atoms with E-state index in [1.54, 1.807) is 24.7 Å². The Kier molecular flexibility index (Phi) is 3.80. The fraction of sp³-hybridized carbons (Fsp3) is 0.0667. The number of anilines is 2. The number of nitro groups is 1. The molecule has 0 aliphatic rings. The lowest BCUT2D eigenvalue weighted by Gasteiger charge is -2.06. The molecule has 0 unspecified atom stereocenters. The summed E-state index contributed by atoms with van der Waals surface area (Å²) in [4.78, 5) is 19.8. The van der Waals surface area contributed by atoms with Crippen LogP contribution in [-0.2, 0) is 0 Å². The van der Waals surface area contributed by atoms with Crippen molar-refractivity contribution in [3.63, 3.8) is 0 Å². The standard InChI is InChI=1S/C15H12N4O2S/c1-10-4-5-12(19(20)21)7-13(10)18-15-17-9-14(22-15)11-3-2-6-16-8-11/h2-9H,1H3,(H,17,18). The molecule has 0 aliphatic carbocycles. The Morgan fingerprint density at radius 3 is 2.86 bits per heavy atom. The minimum absolute atomic E-state index is 0.0529. The van der Waals surface area contributed by atoms with Gasteiger partial charge in [-0.3, -0.25) is 15.1 Å². The second-order valence-electron chi connectivity index (χ2n) is 4.65. The minimum Gasteiger partial charge on any atom is -0.331 e. The first-order chi connectivity index (χ1) is 10.6. The highest BCUT2D eigenvalue weighted by molar-refractivity contribution is 7.18. The van der Waals surface area contributed by atoms with Crippen LogP contribution in [0.5, 0.6) is 0 Å². The molecular weight excluding hydrogens is 300 g/mol. The third-order valence-electron chi connectivity index (χ3n) is 3.13. The molecule has 1 aromatic carbocycles. The molecule has 1 N–H and O–H groups in total. The van der Waals surface area contributed by atoms with Crippen LogP contribution >= 0.6 is 11.3 Å². The van der Waals surface area contributed by atoms with Gasteiger partial charge >= 0.3 is 0 Å². The van der Waals surface area contributed by atoms with Crippen LogP contribution in [0.15, 0.2) is 48.9 Å². The summed E-state index contributed by atoms with van der Waals surface area (Å²) in [6.45, 7) is 1.89. The normalized spacial score (nSPS) is 10.4. The van der Waals surface area contributed by atoms with Gasteiger partial charge in [-0.1, -0.05) is 23.5 Å². The maximum absolute atomic E-state index is 10.9. The second kappa shape index (κ2) is 5.90. The average Bonchev–Trinajstić information content (AvgIpc) is 2.99. The topological polar surface area (TPSA) is 81.0 Å². The van der Waals surface area contributed by atoms with Gasteiger partial charge in [0.15, 0.2) is 5.13 Å². The van der Waals surface area contributed by atoms with Crippen molar-refractivity contribution in [3.05, 3.63) is 64.6 Å². The quantitative estimate of drug-likeness (QED) is 0.577. The van der Waals surface area contributed by atoms with Crippen LogP contribution < -0.4 is 5.32 Å². The van der Waals surface area contributed by atoms with Crippen molar-refractivity contribution in [2.24, 2.45) is 0 Å². The highest BCUT2D eigenvalue weighted by Crippen LogP contribution is 2.32. The van der Waals surface area contributed by atoms with Gasteiger partial charge in [0.05, 0.1) is 15.5 Å². The van der Waals surface area contributed by atoms with Crippen molar-refractivity contribution in [2.75, 3.05) is 5.32 Å². The number of aromatic nitrogens is 2. The Morgan fingerprint density at radius 2 is 2.14 bits per heavy atom. The van der Waals surface area contributed by atoms with E-state index in [-0.39, 0.29) is 5.69 Å². The van der Waals surface area contributed by atoms with E-state index in [0.717, 1.165) is 16.0 Å². The molecule has 0 radical (unpaired) electrons. The fourth-order valence-corrected chi connectivity index (χ4v) is 2.77. The highest BCUT2D eigenvalue weighted by atomic mass is 32.1. The third kappa shape index (κ3) is 2.94. The number of nitro benzene ring substituents is 1. The molecule has 2 heterocycles. The summed E-state index contributed by atoms with van der Waals surface area (Å²) in [5.74, 6) is 0. The summed E-state index contributed by atoms with van der Waals surface area (Å²) in [6, 6.07) is 8.55. The summed E-state index contributed by atoms with van der Waals surface area (Å²) in [7, 11) is 0. The number of thiazole rings is 1. The maximum atomic E-state index is 10.9. The average molecular weight is 312 g/mol. The van der Waals surface area contributed by atoms with Gasteiger partial charge in [-0.25, -0.2) is 4.98 Å². The minimum atomic E-state index is -0.409. The van der Waals surface area contributed by atoms with Crippen LogP contribution in [0.3, 0.4) is 0 Å². The van der Waals surface area contributed by atoms with Gasteiger partial charge in [0.2, 0.25) is 0 Å². The molecule has 0 amide bonds. The summed E-state index contributed by atoms with van der Waals surface area (Å²) in [5.41, 5.74) is 2.64. The lowest BCUT2D eigenvalue weighted by atomic mass is 10.2. The van der Waals surface area contributed by atoms with E-state index >= 15 is 0 Å². The van der Waals surface area contributed by atoms with Crippen molar-refractivity contribution in [1.29, 1.82) is 0 Å². The molecule has 0 atom stereocenters. The number of aryl methyl sites for hydroxylation is 1. The molecule has 0 spiro atoms. The molecule has 0 fully saturated rings. The van der Waals surface area contributed by atoms with Gasteiger partial charge < -0.3 is 5.32 Å². The number of hydrogen-bond acceptors (Lipinski definition) is 6. The molecule has 3 rings (SSSR count). The van der Waals surface area contributed by atoms with E-state index in [1.807, 2.05) is 19.1 Å².